The van der Waals surface area contributed by atoms with Crippen molar-refractivity contribution in [2.24, 2.45) is 11.8 Å². The smallest absolute Gasteiger partial charge is 0.00127 e. The lowest BCUT2D eigenvalue weighted by Gasteiger charge is -2.17. The molecule has 1 N–H and O–H groups in total. The van der Waals surface area contributed by atoms with E-state index in [-0.39, 0.29) is 0 Å². The second-order valence-corrected chi connectivity index (χ2v) is 3.80. The van der Waals surface area contributed by atoms with Crippen LogP contribution in [0.3, 0.4) is 0 Å². The van der Waals surface area contributed by atoms with Crippen LogP contribution in [0.5, 0.6) is 0 Å². The Morgan fingerprint density at radius 2 is 1.92 bits per heavy atom. The largest absolute Gasteiger partial charge is 0.319 e. The van der Waals surface area contributed by atoms with Gasteiger partial charge in [0, 0.05) is 6.54 Å². The summed E-state index contributed by atoms with van der Waals surface area (Å²) in [4.78, 5) is 2.53. The van der Waals surface area contributed by atoms with Crippen molar-refractivity contribution in [3.63, 3.8) is 0 Å². The normalized spacial score (nSPS) is 28.0. The predicted molar refractivity (Wildman–Crippen MR) is 53.3 cm³/mol. The summed E-state index contributed by atoms with van der Waals surface area (Å²) in [6.45, 7) is 9.45. The molecule has 2 nitrogen and oxygen atoms in total. The minimum Gasteiger partial charge on any atom is -0.319 e. The molecule has 1 aliphatic carbocycles. The first-order valence-corrected chi connectivity index (χ1v) is 5.18. The van der Waals surface area contributed by atoms with Crippen molar-refractivity contribution < 1.29 is 0 Å². The SMILES string of the molecule is CCN(CC)C[C@@H]1C[C@H]1CNC. The van der Waals surface area contributed by atoms with Gasteiger partial charge in [-0.05, 0) is 44.9 Å². The van der Waals surface area contributed by atoms with Gasteiger partial charge in [-0.25, -0.2) is 0 Å². The molecule has 0 saturated heterocycles. The van der Waals surface area contributed by atoms with Crippen LogP contribution in [0.4, 0.5) is 0 Å². The first-order chi connectivity index (χ1) is 5.81. The highest BCUT2D eigenvalue weighted by Crippen LogP contribution is 2.38. The first-order valence-electron chi connectivity index (χ1n) is 5.18. The van der Waals surface area contributed by atoms with Crippen LogP contribution in [0, 0.1) is 11.8 Å². The van der Waals surface area contributed by atoms with E-state index in [4.69, 9.17) is 0 Å². The van der Waals surface area contributed by atoms with Gasteiger partial charge in [-0.1, -0.05) is 13.8 Å². The van der Waals surface area contributed by atoms with Gasteiger partial charge in [-0.15, -0.1) is 0 Å². The summed E-state index contributed by atoms with van der Waals surface area (Å²) in [7, 11) is 2.05. The number of rotatable bonds is 6. The minimum absolute atomic E-state index is 0.968. The Kier molecular flexibility index (Phi) is 4.02. The van der Waals surface area contributed by atoms with Gasteiger partial charge in [0.05, 0.1) is 0 Å². The molecule has 0 aromatic heterocycles. The molecule has 0 spiro atoms. The molecule has 0 radical (unpaired) electrons. The van der Waals surface area contributed by atoms with Crippen LogP contribution in [0.25, 0.3) is 0 Å². The van der Waals surface area contributed by atoms with Crippen LogP contribution >= 0.6 is 0 Å². The van der Waals surface area contributed by atoms with Gasteiger partial charge in [0.1, 0.15) is 0 Å². The van der Waals surface area contributed by atoms with Crippen molar-refractivity contribution in [1.82, 2.24) is 10.2 Å². The van der Waals surface area contributed by atoms with Crippen LogP contribution < -0.4 is 5.32 Å². The number of nitrogens with one attached hydrogen (secondary N) is 1. The minimum atomic E-state index is 0.968. The summed E-state index contributed by atoms with van der Waals surface area (Å²) in [6, 6.07) is 0. The molecule has 2 heteroatoms. The Hall–Kier alpha value is -0.0800. The molecule has 0 heterocycles. The Morgan fingerprint density at radius 3 is 2.42 bits per heavy atom. The number of hydrogen-bond acceptors (Lipinski definition) is 2. The summed E-state index contributed by atoms with van der Waals surface area (Å²) in [5.41, 5.74) is 0. The van der Waals surface area contributed by atoms with Crippen LogP contribution in [0.2, 0.25) is 0 Å². The molecule has 72 valence electrons. The molecule has 0 unspecified atom stereocenters. The van der Waals surface area contributed by atoms with Crippen molar-refractivity contribution in [2.45, 2.75) is 20.3 Å². The average molecular weight is 170 g/mol. The zero-order chi connectivity index (χ0) is 8.97. The van der Waals surface area contributed by atoms with E-state index in [9.17, 15) is 0 Å². The van der Waals surface area contributed by atoms with E-state index >= 15 is 0 Å². The van der Waals surface area contributed by atoms with Crippen molar-refractivity contribution in [2.75, 3.05) is 33.2 Å². The first kappa shape index (κ1) is 10.0. The van der Waals surface area contributed by atoms with E-state index < -0.39 is 0 Å². The second-order valence-electron chi connectivity index (χ2n) is 3.80. The monoisotopic (exact) mass is 170 g/mol. The zero-order valence-corrected chi connectivity index (χ0v) is 8.64. The fourth-order valence-corrected chi connectivity index (χ4v) is 1.86. The molecular weight excluding hydrogens is 148 g/mol. The molecule has 0 aromatic carbocycles. The maximum absolute atomic E-state index is 3.25. The quantitative estimate of drug-likeness (QED) is 0.644. The van der Waals surface area contributed by atoms with Gasteiger partial charge in [0.2, 0.25) is 0 Å². The molecule has 1 saturated carbocycles. The highest BCUT2D eigenvalue weighted by Gasteiger charge is 2.36. The van der Waals surface area contributed by atoms with Crippen molar-refractivity contribution in [3.05, 3.63) is 0 Å². The molecular formula is C10H22N2. The number of nitrogens with zero attached hydrogens (tertiary/aromatic N) is 1. The summed E-state index contributed by atoms with van der Waals surface area (Å²) in [6.07, 6.45) is 1.44. The van der Waals surface area contributed by atoms with Gasteiger partial charge in [0.25, 0.3) is 0 Å². The maximum Gasteiger partial charge on any atom is 0.00127 e. The van der Waals surface area contributed by atoms with Gasteiger partial charge in [0.15, 0.2) is 0 Å². The molecule has 0 bridgehead atoms. The topological polar surface area (TPSA) is 15.3 Å². The summed E-state index contributed by atoms with van der Waals surface area (Å²) < 4.78 is 0. The van der Waals surface area contributed by atoms with E-state index in [0.29, 0.717) is 0 Å². The third kappa shape index (κ3) is 2.76. The van der Waals surface area contributed by atoms with Gasteiger partial charge in [-0.2, -0.15) is 0 Å². The van der Waals surface area contributed by atoms with Crippen molar-refractivity contribution >= 4 is 0 Å². The van der Waals surface area contributed by atoms with Crippen LogP contribution in [0.15, 0.2) is 0 Å². The fraction of sp³-hybridized carbons (Fsp3) is 1.00. The lowest BCUT2D eigenvalue weighted by molar-refractivity contribution is 0.285. The van der Waals surface area contributed by atoms with Crippen LogP contribution in [0.1, 0.15) is 20.3 Å². The molecule has 0 aliphatic heterocycles. The highest BCUT2D eigenvalue weighted by atomic mass is 15.1. The molecule has 1 fully saturated rings. The van der Waals surface area contributed by atoms with E-state index in [1.54, 1.807) is 0 Å². The van der Waals surface area contributed by atoms with Gasteiger partial charge in [-0.3, -0.25) is 0 Å². The van der Waals surface area contributed by atoms with Crippen molar-refractivity contribution in [1.29, 1.82) is 0 Å². The third-order valence-corrected chi connectivity index (χ3v) is 2.92. The standard InChI is InChI=1S/C10H22N2/c1-4-12(5-2)8-10-6-9(10)7-11-3/h9-11H,4-8H2,1-3H3/t9-,10-/m0/s1. The molecule has 0 amide bonds. The predicted octanol–water partition coefficient (Wildman–Crippen LogP) is 1.18. The molecule has 0 aromatic rings. The fourth-order valence-electron chi connectivity index (χ4n) is 1.86. The van der Waals surface area contributed by atoms with Gasteiger partial charge < -0.3 is 10.2 Å². The number of hydrogen-bond donors (Lipinski definition) is 1. The molecule has 1 rings (SSSR count). The van der Waals surface area contributed by atoms with E-state index in [1.165, 1.54) is 32.6 Å². The van der Waals surface area contributed by atoms with E-state index in [1.807, 2.05) is 7.05 Å². The van der Waals surface area contributed by atoms with Gasteiger partial charge >= 0.3 is 0 Å². The average Bonchev–Trinajstić information content (AvgIpc) is 2.80. The highest BCUT2D eigenvalue weighted by molar-refractivity contribution is 4.89. The summed E-state index contributed by atoms with van der Waals surface area (Å²) >= 11 is 0. The third-order valence-electron chi connectivity index (χ3n) is 2.92. The lowest BCUT2D eigenvalue weighted by Crippen LogP contribution is -2.26. The Labute approximate surface area is 76.3 Å². The van der Waals surface area contributed by atoms with Crippen LogP contribution in [-0.4, -0.2) is 38.1 Å². The van der Waals surface area contributed by atoms with Crippen molar-refractivity contribution in [3.8, 4) is 0 Å². The summed E-state index contributed by atoms with van der Waals surface area (Å²) in [5, 5.41) is 3.25. The maximum atomic E-state index is 3.25. The van der Waals surface area contributed by atoms with E-state index in [2.05, 4.69) is 24.1 Å². The Balaban J connectivity index is 2.09. The van der Waals surface area contributed by atoms with E-state index in [0.717, 1.165) is 11.8 Å². The lowest BCUT2D eigenvalue weighted by atomic mass is 10.3. The second kappa shape index (κ2) is 4.83. The molecule has 12 heavy (non-hydrogen) atoms. The summed E-state index contributed by atoms with van der Waals surface area (Å²) in [5.74, 6) is 1.95. The zero-order valence-electron chi connectivity index (χ0n) is 8.64. The molecule has 1 aliphatic rings. The van der Waals surface area contributed by atoms with Crippen LogP contribution in [-0.2, 0) is 0 Å². The Morgan fingerprint density at radius 1 is 1.25 bits per heavy atom. The molecule has 2 atom stereocenters. The Bertz CT molecular complexity index is 121.